The molecule has 0 N–H and O–H groups in total. The molecule has 1 fully saturated rings. The number of rotatable bonds is 10. The van der Waals surface area contributed by atoms with Crippen LogP contribution in [0.1, 0.15) is 53.9 Å². The summed E-state index contributed by atoms with van der Waals surface area (Å²) in [5.41, 5.74) is 1.17. The zero-order valence-electron chi connectivity index (χ0n) is 21.8. The number of unbranched alkanes of at least 4 members (excludes halogenated alkanes) is 2. The molecule has 202 valence electrons. The van der Waals surface area contributed by atoms with Gasteiger partial charge in [-0.25, -0.2) is 0 Å². The smallest absolute Gasteiger partial charge is 0.290 e. The van der Waals surface area contributed by atoms with Crippen molar-refractivity contribution in [3.63, 3.8) is 0 Å². The van der Waals surface area contributed by atoms with Crippen molar-refractivity contribution < 1.29 is 23.4 Å². The summed E-state index contributed by atoms with van der Waals surface area (Å²) in [6.45, 7) is 6.78. The fourth-order valence-corrected chi connectivity index (χ4v) is 5.32. The zero-order valence-corrected chi connectivity index (χ0v) is 22.6. The van der Waals surface area contributed by atoms with Crippen molar-refractivity contribution >= 4 is 28.5 Å². The van der Waals surface area contributed by atoms with Gasteiger partial charge in [0.05, 0.1) is 43.9 Å². The Bertz CT molecular complexity index is 1370. The van der Waals surface area contributed by atoms with E-state index < -0.39 is 6.04 Å². The molecule has 9 heteroatoms. The van der Waals surface area contributed by atoms with Gasteiger partial charge in [0.15, 0.2) is 16.9 Å². The normalized spacial score (nSPS) is 17.7. The molecule has 2 aliphatic rings. The van der Waals surface area contributed by atoms with Gasteiger partial charge in [0.2, 0.25) is 5.76 Å². The van der Waals surface area contributed by atoms with Crippen LogP contribution in [0.2, 0.25) is 5.02 Å². The minimum atomic E-state index is -0.624. The third-order valence-electron chi connectivity index (χ3n) is 7.20. The lowest BCUT2D eigenvalue weighted by atomic mass is 9.98. The number of hydrogen-bond donors (Lipinski definition) is 0. The van der Waals surface area contributed by atoms with Crippen molar-refractivity contribution in [1.82, 2.24) is 9.80 Å². The number of methoxy groups -OCH3 is 1. The third kappa shape index (κ3) is 5.25. The SMILES string of the molecule is CCCCCOc1ccc(C2c3c(oc4ccc(Cl)cc4c3=O)C(=O)N2CCN2CCOCC2)cc1OC. The maximum atomic E-state index is 13.8. The molecule has 0 saturated carbocycles. The van der Waals surface area contributed by atoms with E-state index in [1.165, 1.54) is 0 Å². The van der Waals surface area contributed by atoms with Crippen LogP contribution >= 0.6 is 11.6 Å². The van der Waals surface area contributed by atoms with Crippen LogP contribution in [-0.4, -0.2) is 68.8 Å². The molecule has 0 aliphatic carbocycles. The predicted molar refractivity (Wildman–Crippen MR) is 146 cm³/mol. The maximum Gasteiger partial charge on any atom is 0.290 e. The van der Waals surface area contributed by atoms with E-state index in [4.69, 9.17) is 30.2 Å². The maximum absolute atomic E-state index is 13.8. The van der Waals surface area contributed by atoms with E-state index in [9.17, 15) is 9.59 Å². The van der Waals surface area contributed by atoms with E-state index in [-0.39, 0.29) is 17.1 Å². The first-order valence-corrected chi connectivity index (χ1v) is 13.6. The fourth-order valence-electron chi connectivity index (χ4n) is 5.15. The summed E-state index contributed by atoms with van der Waals surface area (Å²) in [5.74, 6) is 0.970. The molecule has 1 unspecified atom stereocenters. The van der Waals surface area contributed by atoms with Crippen molar-refractivity contribution in [3.8, 4) is 11.5 Å². The molecule has 3 aromatic rings. The highest BCUT2D eigenvalue weighted by Gasteiger charge is 2.43. The van der Waals surface area contributed by atoms with Crippen LogP contribution in [0.25, 0.3) is 11.0 Å². The number of fused-ring (bicyclic) bond motifs is 2. The topological polar surface area (TPSA) is 81.5 Å². The second-order valence-electron chi connectivity index (χ2n) is 9.64. The highest BCUT2D eigenvalue weighted by Crippen LogP contribution is 2.41. The van der Waals surface area contributed by atoms with Gasteiger partial charge in [-0.2, -0.15) is 0 Å². The van der Waals surface area contributed by atoms with Crippen LogP contribution in [0.15, 0.2) is 45.6 Å². The molecule has 2 aliphatic heterocycles. The predicted octanol–water partition coefficient (Wildman–Crippen LogP) is 4.90. The number of amides is 1. The summed E-state index contributed by atoms with van der Waals surface area (Å²) < 4.78 is 23.1. The Morgan fingerprint density at radius 2 is 1.84 bits per heavy atom. The number of ether oxygens (including phenoxy) is 3. The summed E-state index contributed by atoms with van der Waals surface area (Å²) in [6, 6.07) is 9.85. The molecule has 5 rings (SSSR count). The first-order valence-electron chi connectivity index (χ1n) is 13.2. The number of halogens is 1. The van der Waals surface area contributed by atoms with Crippen LogP contribution in [0.5, 0.6) is 11.5 Å². The van der Waals surface area contributed by atoms with Gasteiger partial charge < -0.3 is 23.5 Å². The molecule has 38 heavy (non-hydrogen) atoms. The van der Waals surface area contributed by atoms with Crippen molar-refractivity contribution in [1.29, 1.82) is 0 Å². The van der Waals surface area contributed by atoms with Crippen molar-refractivity contribution in [2.75, 3.05) is 53.1 Å². The Labute approximate surface area is 227 Å². The van der Waals surface area contributed by atoms with Crippen molar-refractivity contribution in [3.05, 3.63) is 68.5 Å². The molecule has 1 amide bonds. The van der Waals surface area contributed by atoms with Gasteiger partial charge in [0.1, 0.15) is 5.58 Å². The van der Waals surface area contributed by atoms with E-state index in [1.807, 2.05) is 18.2 Å². The molecule has 1 atom stereocenters. The summed E-state index contributed by atoms with van der Waals surface area (Å²) in [6.07, 6.45) is 3.16. The number of morpholine rings is 1. The number of hydrogen-bond acceptors (Lipinski definition) is 7. The van der Waals surface area contributed by atoms with Gasteiger partial charge >= 0.3 is 0 Å². The van der Waals surface area contributed by atoms with Gasteiger partial charge in [0, 0.05) is 31.2 Å². The average molecular weight is 541 g/mol. The van der Waals surface area contributed by atoms with Crippen molar-refractivity contribution in [2.24, 2.45) is 0 Å². The molecule has 2 aromatic carbocycles. The minimum absolute atomic E-state index is 0.0793. The zero-order chi connectivity index (χ0) is 26.6. The highest BCUT2D eigenvalue weighted by molar-refractivity contribution is 6.31. The summed E-state index contributed by atoms with van der Waals surface area (Å²) >= 11 is 6.20. The number of nitrogens with zero attached hydrogens (tertiary/aromatic N) is 2. The second kappa shape index (κ2) is 11.8. The molecule has 0 bridgehead atoms. The van der Waals surface area contributed by atoms with E-state index in [0.29, 0.717) is 66.0 Å². The number of benzene rings is 2. The standard InChI is InChI=1S/C29H33ClN2O6/c1-3-4-5-14-37-23-8-6-19(17-24(23)35-2)26-25-27(33)21-18-20(30)7-9-22(21)38-28(25)29(34)32(26)11-10-31-12-15-36-16-13-31/h6-9,17-18,26H,3-5,10-16H2,1-2H3. The van der Waals surface area contributed by atoms with E-state index in [1.54, 1.807) is 30.2 Å². The number of carbonyl (C=O) groups is 1. The Hall–Kier alpha value is -3.07. The Morgan fingerprint density at radius 1 is 1.03 bits per heavy atom. The summed E-state index contributed by atoms with van der Waals surface area (Å²) in [7, 11) is 1.59. The molecule has 0 spiro atoms. The quantitative estimate of drug-likeness (QED) is 0.338. The van der Waals surface area contributed by atoms with Crippen LogP contribution in [0.4, 0.5) is 0 Å². The summed E-state index contributed by atoms with van der Waals surface area (Å²) in [4.78, 5) is 31.5. The Morgan fingerprint density at radius 3 is 2.61 bits per heavy atom. The lowest BCUT2D eigenvalue weighted by molar-refractivity contribution is 0.0314. The van der Waals surface area contributed by atoms with Crippen LogP contribution in [0.3, 0.4) is 0 Å². The Balaban J connectivity index is 1.54. The van der Waals surface area contributed by atoms with E-state index in [2.05, 4.69) is 11.8 Å². The third-order valence-corrected chi connectivity index (χ3v) is 7.43. The fraction of sp³-hybridized carbons (Fsp3) is 0.448. The van der Waals surface area contributed by atoms with E-state index >= 15 is 0 Å². The van der Waals surface area contributed by atoms with Gasteiger partial charge in [-0.1, -0.05) is 37.4 Å². The Kier molecular flexibility index (Phi) is 8.21. The summed E-state index contributed by atoms with van der Waals surface area (Å²) in [5, 5.41) is 0.785. The highest BCUT2D eigenvalue weighted by atomic mass is 35.5. The lowest BCUT2D eigenvalue weighted by Gasteiger charge is -2.31. The monoisotopic (exact) mass is 540 g/mol. The first kappa shape index (κ1) is 26.5. The minimum Gasteiger partial charge on any atom is -0.493 e. The molecule has 1 saturated heterocycles. The molecule has 1 aromatic heterocycles. The molecular formula is C29H33ClN2O6. The van der Waals surface area contributed by atoms with Gasteiger partial charge in [-0.15, -0.1) is 0 Å². The second-order valence-corrected chi connectivity index (χ2v) is 10.1. The molecule has 3 heterocycles. The van der Waals surface area contributed by atoms with Crippen LogP contribution in [-0.2, 0) is 4.74 Å². The first-order chi connectivity index (χ1) is 18.5. The van der Waals surface area contributed by atoms with Gasteiger partial charge in [0.25, 0.3) is 5.91 Å². The molecule has 8 nitrogen and oxygen atoms in total. The van der Waals surface area contributed by atoms with Gasteiger partial charge in [-0.3, -0.25) is 14.5 Å². The van der Waals surface area contributed by atoms with Crippen LogP contribution in [0, 0.1) is 0 Å². The molecular weight excluding hydrogens is 508 g/mol. The van der Waals surface area contributed by atoms with Gasteiger partial charge in [-0.05, 0) is 42.3 Å². The number of carbonyl (C=O) groups excluding carboxylic acids is 1. The lowest BCUT2D eigenvalue weighted by Crippen LogP contribution is -2.42. The van der Waals surface area contributed by atoms with E-state index in [0.717, 1.165) is 37.9 Å². The molecule has 0 radical (unpaired) electrons. The largest absolute Gasteiger partial charge is 0.493 e. The average Bonchev–Trinajstić information content (AvgIpc) is 3.22. The van der Waals surface area contributed by atoms with Crippen LogP contribution < -0.4 is 14.9 Å². The van der Waals surface area contributed by atoms with Crippen molar-refractivity contribution in [2.45, 2.75) is 32.2 Å².